The minimum Gasteiger partial charge on any atom is -0.356 e. The monoisotopic (exact) mass is 243 g/mol. The van der Waals surface area contributed by atoms with Crippen LogP contribution in [0.1, 0.15) is 17.5 Å². The molecule has 0 radical (unpaired) electrons. The van der Waals surface area contributed by atoms with Gasteiger partial charge < -0.3 is 10.2 Å². The van der Waals surface area contributed by atoms with E-state index in [9.17, 15) is 4.79 Å². The van der Waals surface area contributed by atoms with Gasteiger partial charge in [0.1, 0.15) is 6.04 Å². The maximum absolute atomic E-state index is 11.9. The van der Waals surface area contributed by atoms with Crippen molar-refractivity contribution < 1.29 is 4.79 Å². The van der Waals surface area contributed by atoms with Gasteiger partial charge in [0.15, 0.2) is 0 Å². The van der Waals surface area contributed by atoms with Crippen LogP contribution in [0.5, 0.6) is 0 Å². The Morgan fingerprint density at radius 2 is 2.11 bits per heavy atom. The molecule has 94 valence electrons. The average molecular weight is 243 g/mol. The summed E-state index contributed by atoms with van der Waals surface area (Å²) >= 11 is 0. The van der Waals surface area contributed by atoms with Crippen molar-refractivity contribution in [3.8, 4) is 6.07 Å². The van der Waals surface area contributed by atoms with Gasteiger partial charge in [-0.2, -0.15) is 5.26 Å². The minimum atomic E-state index is -0.372. The van der Waals surface area contributed by atoms with E-state index in [4.69, 9.17) is 5.26 Å². The molecule has 4 nitrogen and oxygen atoms in total. The first-order valence-electron chi connectivity index (χ1n) is 6.12. The van der Waals surface area contributed by atoms with E-state index in [1.807, 2.05) is 32.0 Å². The molecule has 2 rings (SSSR count). The van der Waals surface area contributed by atoms with Crippen LogP contribution in [0.25, 0.3) is 0 Å². The summed E-state index contributed by atoms with van der Waals surface area (Å²) in [5.41, 5.74) is 3.38. The molecule has 0 bridgehead atoms. The van der Waals surface area contributed by atoms with Crippen LogP contribution in [0.2, 0.25) is 0 Å². The van der Waals surface area contributed by atoms with Gasteiger partial charge in [-0.3, -0.25) is 4.79 Å². The first kappa shape index (κ1) is 12.4. The number of amides is 1. The molecular weight excluding hydrogens is 226 g/mol. The number of carbonyl (C=O) groups excluding carboxylic acids is 1. The Labute approximate surface area is 107 Å². The zero-order valence-corrected chi connectivity index (χ0v) is 10.7. The molecule has 1 fully saturated rings. The zero-order valence-electron chi connectivity index (χ0n) is 10.7. The Bertz CT molecular complexity index is 484. The van der Waals surface area contributed by atoms with E-state index >= 15 is 0 Å². The molecular formula is C14H17N3O. The largest absolute Gasteiger partial charge is 0.356 e. The van der Waals surface area contributed by atoms with Crippen LogP contribution in [0.4, 0.5) is 5.69 Å². The molecule has 1 atom stereocenters. The highest BCUT2D eigenvalue weighted by atomic mass is 16.2. The number of rotatable bonds is 2. The Kier molecular flexibility index (Phi) is 3.52. The molecule has 1 heterocycles. The summed E-state index contributed by atoms with van der Waals surface area (Å²) < 4.78 is 0. The third kappa shape index (κ3) is 2.17. The van der Waals surface area contributed by atoms with Crippen molar-refractivity contribution in [2.75, 3.05) is 18.0 Å². The SMILES string of the molecule is Cc1cccc(C)c1N1CCNC(=O)C1CC#N. The number of carbonyl (C=O) groups is 1. The van der Waals surface area contributed by atoms with E-state index in [1.165, 1.54) is 0 Å². The van der Waals surface area contributed by atoms with Crippen LogP contribution in [0, 0.1) is 25.2 Å². The summed E-state index contributed by atoms with van der Waals surface area (Å²) in [7, 11) is 0. The normalized spacial score (nSPS) is 19.3. The van der Waals surface area contributed by atoms with Crippen LogP contribution < -0.4 is 10.2 Å². The number of para-hydroxylation sites is 1. The van der Waals surface area contributed by atoms with Crippen molar-refractivity contribution in [3.05, 3.63) is 29.3 Å². The van der Waals surface area contributed by atoms with E-state index in [0.717, 1.165) is 23.4 Å². The summed E-state index contributed by atoms with van der Waals surface area (Å²) in [6.45, 7) is 5.47. The van der Waals surface area contributed by atoms with Crippen LogP contribution in [0.15, 0.2) is 18.2 Å². The lowest BCUT2D eigenvalue weighted by atomic mass is 10.0. The topological polar surface area (TPSA) is 56.1 Å². The molecule has 1 aliphatic rings. The number of benzene rings is 1. The van der Waals surface area contributed by atoms with Crippen molar-refractivity contribution in [1.29, 1.82) is 5.26 Å². The van der Waals surface area contributed by atoms with Crippen molar-refractivity contribution >= 4 is 11.6 Å². The number of aryl methyl sites for hydroxylation is 2. The predicted octanol–water partition coefficient (Wildman–Crippen LogP) is 1.52. The number of nitrogens with zero attached hydrogens (tertiary/aromatic N) is 2. The third-order valence-corrected chi connectivity index (χ3v) is 3.34. The van der Waals surface area contributed by atoms with Crippen LogP contribution >= 0.6 is 0 Å². The lowest BCUT2D eigenvalue weighted by Crippen LogP contribution is -2.55. The fourth-order valence-corrected chi connectivity index (χ4v) is 2.53. The van der Waals surface area contributed by atoms with Crippen molar-refractivity contribution in [2.45, 2.75) is 26.3 Å². The minimum absolute atomic E-state index is 0.0505. The maximum atomic E-state index is 11.9. The van der Waals surface area contributed by atoms with Gasteiger partial charge in [-0.05, 0) is 25.0 Å². The second-order valence-corrected chi connectivity index (χ2v) is 4.60. The number of anilines is 1. The average Bonchev–Trinajstić information content (AvgIpc) is 2.33. The summed E-state index contributed by atoms with van der Waals surface area (Å²) in [4.78, 5) is 13.9. The smallest absolute Gasteiger partial charge is 0.243 e. The van der Waals surface area contributed by atoms with Gasteiger partial charge in [-0.1, -0.05) is 18.2 Å². The zero-order chi connectivity index (χ0) is 13.1. The third-order valence-electron chi connectivity index (χ3n) is 3.34. The second kappa shape index (κ2) is 5.09. The number of piperazine rings is 1. The number of hydrogen-bond acceptors (Lipinski definition) is 3. The fraction of sp³-hybridized carbons (Fsp3) is 0.429. The van der Waals surface area contributed by atoms with E-state index < -0.39 is 0 Å². The summed E-state index contributed by atoms with van der Waals surface area (Å²) in [5.74, 6) is -0.0505. The summed E-state index contributed by atoms with van der Waals surface area (Å²) in [6, 6.07) is 7.82. The Morgan fingerprint density at radius 1 is 1.44 bits per heavy atom. The molecule has 1 unspecified atom stereocenters. The van der Waals surface area contributed by atoms with Crippen molar-refractivity contribution in [1.82, 2.24) is 5.32 Å². The van der Waals surface area contributed by atoms with E-state index in [2.05, 4.69) is 16.3 Å². The molecule has 1 aliphatic heterocycles. The number of hydrogen-bond donors (Lipinski definition) is 1. The van der Waals surface area contributed by atoms with Crippen LogP contribution in [-0.4, -0.2) is 25.0 Å². The van der Waals surface area contributed by atoms with Crippen LogP contribution in [-0.2, 0) is 4.79 Å². The van der Waals surface area contributed by atoms with Gasteiger partial charge in [0.2, 0.25) is 5.91 Å². The lowest BCUT2D eigenvalue weighted by molar-refractivity contribution is -0.123. The van der Waals surface area contributed by atoms with Gasteiger partial charge in [-0.25, -0.2) is 0 Å². The molecule has 1 saturated heterocycles. The number of nitrogens with one attached hydrogen (secondary N) is 1. The lowest BCUT2D eigenvalue weighted by Gasteiger charge is -2.37. The van der Waals surface area contributed by atoms with Gasteiger partial charge in [-0.15, -0.1) is 0 Å². The molecule has 0 saturated carbocycles. The number of nitriles is 1. The van der Waals surface area contributed by atoms with E-state index in [0.29, 0.717) is 6.54 Å². The highest BCUT2D eigenvalue weighted by Crippen LogP contribution is 2.28. The summed E-state index contributed by atoms with van der Waals surface area (Å²) in [6.07, 6.45) is 0.222. The van der Waals surface area contributed by atoms with Gasteiger partial charge in [0.05, 0.1) is 12.5 Å². The summed E-state index contributed by atoms with van der Waals surface area (Å²) in [5, 5.41) is 11.7. The van der Waals surface area contributed by atoms with E-state index in [1.54, 1.807) is 0 Å². The fourth-order valence-electron chi connectivity index (χ4n) is 2.53. The van der Waals surface area contributed by atoms with Gasteiger partial charge >= 0.3 is 0 Å². The molecule has 1 N–H and O–H groups in total. The predicted molar refractivity (Wildman–Crippen MR) is 70.3 cm³/mol. The highest BCUT2D eigenvalue weighted by molar-refractivity contribution is 5.87. The maximum Gasteiger partial charge on any atom is 0.243 e. The van der Waals surface area contributed by atoms with Crippen molar-refractivity contribution in [3.63, 3.8) is 0 Å². The Hall–Kier alpha value is -2.02. The highest BCUT2D eigenvalue weighted by Gasteiger charge is 2.30. The molecule has 0 aliphatic carbocycles. The Morgan fingerprint density at radius 3 is 2.72 bits per heavy atom. The molecule has 1 aromatic rings. The standard InChI is InChI=1S/C14H17N3O/c1-10-4-3-5-11(2)13(10)17-9-8-16-14(18)12(17)6-7-15/h3-5,12H,6,8-9H2,1-2H3,(H,16,18). The molecule has 0 spiro atoms. The molecule has 1 amide bonds. The van der Waals surface area contributed by atoms with E-state index in [-0.39, 0.29) is 18.4 Å². The van der Waals surface area contributed by atoms with Crippen LogP contribution in [0.3, 0.4) is 0 Å². The molecule has 4 heteroatoms. The molecule has 18 heavy (non-hydrogen) atoms. The first-order chi connectivity index (χ1) is 8.65. The molecule has 1 aromatic carbocycles. The quantitative estimate of drug-likeness (QED) is 0.856. The van der Waals surface area contributed by atoms with Gasteiger partial charge in [0, 0.05) is 18.8 Å². The van der Waals surface area contributed by atoms with Gasteiger partial charge in [0.25, 0.3) is 0 Å². The van der Waals surface area contributed by atoms with Crippen molar-refractivity contribution in [2.24, 2.45) is 0 Å². The second-order valence-electron chi connectivity index (χ2n) is 4.60. The molecule has 0 aromatic heterocycles. The Balaban J connectivity index is 2.41. The first-order valence-corrected chi connectivity index (χ1v) is 6.12.